The Hall–Kier alpha value is -1.68. The first kappa shape index (κ1) is 18.7. The van der Waals surface area contributed by atoms with Gasteiger partial charge in [0.15, 0.2) is 0 Å². The van der Waals surface area contributed by atoms with Crippen LogP contribution in [0, 0.1) is 0 Å². The summed E-state index contributed by atoms with van der Waals surface area (Å²) in [5.41, 5.74) is 3.36. The molecule has 0 radical (unpaired) electrons. The van der Waals surface area contributed by atoms with Crippen LogP contribution in [0.25, 0.3) is 0 Å². The highest BCUT2D eigenvalue weighted by Gasteiger charge is 2.07. The third kappa shape index (κ3) is 7.26. The van der Waals surface area contributed by atoms with Crippen molar-refractivity contribution in [1.29, 1.82) is 0 Å². The van der Waals surface area contributed by atoms with Crippen molar-refractivity contribution >= 4 is 0 Å². The van der Waals surface area contributed by atoms with E-state index < -0.39 is 0 Å². The molecule has 1 heterocycles. The van der Waals surface area contributed by atoms with Gasteiger partial charge in [-0.05, 0) is 18.5 Å². The van der Waals surface area contributed by atoms with Crippen molar-refractivity contribution in [3.05, 3.63) is 47.3 Å². The maximum atomic E-state index is 4.30. The summed E-state index contributed by atoms with van der Waals surface area (Å²) in [5, 5.41) is 14.9. The summed E-state index contributed by atoms with van der Waals surface area (Å²) in [7, 11) is 0. The lowest BCUT2D eigenvalue weighted by Gasteiger charge is -2.05. The summed E-state index contributed by atoms with van der Waals surface area (Å²) in [5.74, 6) is 0. The van der Waals surface area contributed by atoms with Crippen molar-refractivity contribution in [1.82, 2.24) is 20.7 Å². The Labute approximate surface area is 146 Å². The number of nitrogens with zero attached hydrogens (tertiary/aromatic N) is 2. The average molecular weight is 329 g/mol. The standard InChI is InChI=1S/C20H32N4/c1-2-3-4-5-6-7-8-12-15-21-17-20-19(22-24-23-20)16-18-13-10-9-11-14-18/h9-11,13-14,21H,2-8,12,15-17H2,1H3,(H,22,23,24). The fourth-order valence-electron chi connectivity index (χ4n) is 2.94. The summed E-state index contributed by atoms with van der Waals surface area (Å²) in [6.07, 6.45) is 11.7. The van der Waals surface area contributed by atoms with Gasteiger partial charge in [-0.15, -0.1) is 0 Å². The number of nitrogens with one attached hydrogen (secondary N) is 2. The second-order valence-corrected chi connectivity index (χ2v) is 6.53. The van der Waals surface area contributed by atoms with E-state index in [1.165, 1.54) is 56.9 Å². The quantitative estimate of drug-likeness (QED) is 0.527. The topological polar surface area (TPSA) is 53.6 Å². The Kier molecular flexibility index (Phi) is 9.17. The molecular weight excluding hydrogens is 296 g/mol. The molecule has 2 aromatic rings. The average Bonchev–Trinajstić information content (AvgIpc) is 3.04. The molecule has 1 aromatic heterocycles. The molecule has 132 valence electrons. The zero-order valence-corrected chi connectivity index (χ0v) is 15.1. The maximum Gasteiger partial charge on any atom is 0.0997 e. The van der Waals surface area contributed by atoms with E-state index in [0.717, 1.165) is 30.9 Å². The van der Waals surface area contributed by atoms with Crippen LogP contribution in [0.15, 0.2) is 30.3 Å². The minimum atomic E-state index is 0.801. The molecule has 24 heavy (non-hydrogen) atoms. The zero-order valence-electron chi connectivity index (χ0n) is 15.1. The van der Waals surface area contributed by atoms with E-state index in [-0.39, 0.29) is 0 Å². The van der Waals surface area contributed by atoms with Crippen LogP contribution < -0.4 is 5.32 Å². The normalized spacial score (nSPS) is 11.0. The number of hydrogen-bond acceptors (Lipinski definition) is 3. The van der Waals surface area contributed by atoms with Gasteiger partial charge in [-0.3, -0.25) is 0 Å². The molecule has 1 aromatic carbocycles. The van der Waals surface area contributed by atoms with Gasteiger partial charge < -0.3 is 5.32 Å². The summed E-state index contributed by atoms with van der Waals surface area (Å²) in [6, 6.07) is 10.4. The van der Waals surface area contributed by atoms with Crippen molar-refractivity contribution in [2.75, 3.05) is 6.54 Å². The predicted octanol–water partition coefficient (Wildman–Crippen LogP) is 4.63. The smallest absolute Gasteiger partial charge is 0.0997 e. The molecule has 0 saturated heterocycles. The number of aromatic nitrogens is 3. The molecule has 0 unspecified atom stereocenters. The monoisotopic (exact) mass is 328 g/mol. The Morgan fingerprint density at radius 3 is 2.25 bits per heavy atom. The molecule has 0 spiro atoms. The van der Waals surface area contributed by atoms with Gasteiger partial charge in [0, 0.05) is 13.0 Å². The molecular formula is C20H32N4. The van der Waals surface area contributed by atoms with E-state index in [0.29, 0.717) is 0 Å². The van der Waals surface area contributed by atoms with E-state index in [9.17, 15) is 0 Å². The van der Waals surface area contributed by atoms with Crippen molar-refractivity contribution in [3.63, 3.8) is 0 Å². The lowest BCUT2D eigenvalue weighted by atomic mass is 10.1. The zero-order chi connectivity index (χ0) is 16.9. The van der Waals surface area contributed by atoms with Gasteiger partial charge >= 0.3 is 0 Å². The first-order chi connectivity index (χ1) is 11.9. The Morgan fingerprint density at radius 2 is 1.50 bits per heavy atom. The minimum Gasteiger partial charge on any atom is -0.311 e. The summed E-state index contributed by atoms with van der Waals surface area (Å²) < 4.78 is 0. The van der Waals surface area contributed by atoms with Crippen molar-refractivity contribution in [2.45, 2.75) is 71.3 Å². The minimum absolute atomic E-state index is 0.801. The molecule has 0 amide bonds. The van der Waals surface area contributed by atoms with E-state index >= 15 is 0 Å². The van der Waals surface area contributed by atoms with Gasteiger partial charge in [0.2, 0.25) is 0 Å². The number of H-pyrrole nitrogens is 1. The second kappa shape index (κ2) is 11.8. The first-order valence-electron chi connectivity index (χ1n) is 9.53. The molecule has 0 atom stereocenters. The van der Waals surface area contributed by atoms with E-state index in [4.69, 9.17) is 0 Å². The lowest BCUT2D eigenvalue weighted by molar-refractivity contribution is 0.552. The van der Waals surface area contributed by atoms with Gasteiger partial charge in [-0.1, -0.05) is 82.2 Å². The molecule has 0 aliphatic carbocycles. The largest absolute Gasteiger partial charge is 0.311 e. The summed E-state index contributed by atoms with van der Waals surface area (Å²) >= 11 is 0. The predicted molar refractivity (Wildman–Crippen MR) is 99.9 cm³/mol. The van der Waals surface area contributed by atoms with Crippen LogP contribution >= 0.6 is 0 Å². The Balaban J connectivity index is 1.56. The van der Waals surface area contributed by atoms with Gasteiger partial charge in [0.25, 0.3) is 0 Å². The molecule has 0 fully saturated rings. The number of hydrogen-bond donors (Lipinski definition) is 2. The van der Waals surface area contributed by atoms with Gasteiger partial charge in [-0.2, -0.15) is 15.4 Å². The molecule has 0 aliphatic rings. The first-order valence-corrected chi connectivity index (χ1v) is 9.53. The maximum absolute atomic E-state index is 4.30. The molecule has 0 bridgehead atoms. The van der Waals surface area contributed by atoms with Crippen LogP contribution in [0.2, 0.25) is 0 Å². The Morgan fingerprint density at radius 1 is 0.833 bits per heavy atom. The van der Waals surface area contributed by atoms with Gasteiger partial charge in [0.05, 0.1) is 11.4 Å². The SMILES string of the molecule is CCCCCCCCCCNCc1n[nH]nc1Cc1ccccc1. The number of aromatic amines is 1. The third-order valence-electron chi connectivity index (χ3n) is 4.42. The van der Waals surface area contributed by atoms with Crippen LogP contribution in [-0.2, 0) is 13.0 Å². The number of benzene rings is 1. The fraction of sp³-hybridized carbons (Fsp3) is 0.600. The van der Waals surface area contributed by atoms with Crippen molar-refractivity contribution in [2.24, 2.45) is 0 Å². The summed E-state index contributed by atoms with van der Waals surface area (Å²) in [6.45, 7) is 4.13. The third-order valence-corrected chi connectivity index (χ3v) is 4.42. The van der Waals surface area contributed by atoms with Crippen LogP contribution in [0.1, 0.15) is 75.2 Å². The second-order valence-electron chi connectivity index (χ2n) is 6.53. The highest BCUT2D eigenvalue weighted by Crippen LogP contribution is 2.10. The van der Waals surface area contributed by atoms with E-state index in [1.54, 1.807) is 0 Å². The van der Waals surface area contributed by atoms with E-state index in [1.807, 2.05) is 6.07 Å². The number of unbranched alkanes of at least 4 members (excludes halogenated alkanes) is 7. The highest BCUT2D eigenvalue weighted by atomic mass is 15.3. The van der Waals surface area contributed by atoms with Crippen LogP contribution in [-0.4, -0.2) is 22.0 Å². The highest BCUT2D eigenvalue weighted by molar-refractivity contribution is 5.23. The van der Waals surface area contributed by atoms with E-state index in [2.05, 4.69) is 51.9 Å². The number of rotatable bonds is 13. The van der Waals surface area contributed by atoms with Crippen LogP contribution in [0.4, 0.5) is 0 Å². The molecule has 4 nitrogen and oxygen atoms in total. The van der Waals surface area contributed by atoms with Crippen molar-refractivity contribution in [3.8, 4) is 0 Å². The van der Waals surface area contributed by atoms with Crippen LogP contribution in [0.3, 0.4) is 0 Å². The molecule has 2 N–H and O–H groups in total. The molecule has 0 aliphatic heterocycles. The summed E-state index contributed by atoms with van der Waals surface area (Å²) in [4.78, 5) is 0. The van der Waals surface area contributed by atoms with Crippen molar-refractivity contribution < 1.29 is 0 Å². The molecule has 0 saturated carbocycles. The lowest BCUT2D eigenvalue weighted by Crippen LogP contribution is -2.16. The van der Waals surface area contributed by atoms with Crippen LogP contribution in [0.5, 0.6) is 0 Å². The van der Waals surface area contributed by atoms with Gasteiger partial charge in [-0.25, -0.2) is 0 Å². The Bertz CT molecular complexity index is 536. The molecule has 4 heteroatoms. The molecule has 2 rings (SSSR count). The fourth-order valence-corrected chi connectivity index (χ4v) is 2.94. The van der Waals surface area contributed by atoms with Gasteiger partial charge in [0.1, 0.15) is 0 Å².